The second kappa shape index (κ2) is 7.97. The van der Waals surface area contributed by atoms with E-state index in [0.717, 1.165) is 25.1 Å². The van der Waals surface area contributed by atoms with E-state index in [-0.39, 0.29) is 40.4 Å². The van der Waals surface area contributed by atoms with Crippen molar-refractivity contribution >= 4 is 11.7 Å². The van der Waals surface area contributed by atoms with E-state index in [4.69, 9.17) is 0 Å². The highest BCUT2D eigenvalue weighted by atomic mass is 19.4. The van der Waals surface area contributed by atoms with Crippen molar-refractivity contribution in [3.05, 3.63) is 71.9 Å². The van der Waals surface area contributed by atoms with Gasteiger partial charge in [0, 0.05) is 31.7 Å². The third-order valence-corrected chi connectivity index (χ3v) is 7.98. The van der Waals surface area contributed by atoms with Crippen LogP contribution >= 0.6 is 0 Å². The summed E-state index contributed by atoms with van der Waals surface area (Å²) in [7, 11) is 0. The molecule has 36 heavy (non-hydrogen) atoms. The summed E-state index contributed by atoms with van der Waals surface area (Å²) in [5.74, 6) is 0.125. The zero-order valence-electron chi connectivity index (χ0n) is 19.4. The average Bonchev–Trinajstić information content (AvgIpc) is 3.53. The van der Waals surface area contributed by atoms with Crippen LogP contribution in [0.4, 0.5) is 23.4 Å². The van der Waals surface area contributed by atoms with Gasteiger partial charge in [0.15, 0.2) is 5.82 Å². The Kier molecular flexibility index (Phi) is 5.07. The molecule has 186 valence electrons. The fourth-order valence-electron chi connectivity index (χ4n) is 6.26. The third-order valence-electron chi connectivity index (χ3n) is 7.98. The summed E-state index contributed by atoms with van der Waals surface area (Å²) in [5.41, 5.74) is -0.491. The van der Waals surface area contributed by atoms with Gasteiger partial charge >= 0.3 is 6.18 Å². The van der Waals surface area contributed by atoms with E-state index in [0.29, 0.717) is 24.8 Å². The fourth-order valence-corrected chi connectivity index (χ4v) is 6.26. The summed E-state index contributed by atoms with van der Waals surface area (Å²) < 4.78 is 54.0. The summed E-state index contributed by atoms with van der Waals surface area (Å²) in [6.45, 7) is 3.03. The predicted molar refractivity (Wildman–Crippen MR) is 123 cm³/mol. The fraction of sp³-hybridized carbons (Fsp3) is 0.385. The maximum atomic E-state index is 14.9. The number of piperidine rings is 1. The number of carbonyl (C=O) groups is 1. The lowest BCUT2D eigenvalue weighted by atomic mass is 9.70. The first kappa shape index (κ1) is 22.9. The summed E-state index contributed by atoms with van der Waals surface area (Å²) in [4.78, 5) is 30.0. The zero-order chi connectivity index (χ0) is 25.2. The van der Waals surface area contributed by atoms with Gasteiger partial charge in [-0.1, -0.05) is 6.07 Å². The molecule has 3 fully saturated rings. The van der Waals surface area contributed by atoms with Gasteiger partial charge in [-0.2, -0.15) is 13.2 Å². The number of likely N-dealkylation sites (tertiary alicyclic amines) is 1. The number of alkyl halides is 3. The van der Waals surface area contributed by atoms with Crippen molar-refractivity contribution < 1.29 is 22.4 Å². The average molecular weight is 497 g/mol. The van der Waals surface area contributed by atoms with E-state index in [1.807, 2.05) is 16.7 Å². The highest BCUT2D eigenvalue weighted by Gasteiger charge is 2.75. The number of amides is 1. The summed E-state index contributed by atoms with van der Waals surface area (Å²) in [6.07, 6.45) is 1.27. The molecule has 4 unspecified atom stereocenters. The van der Waals surface area contributed by atoms with Crippen molar-refractivity contribution in [3.8, 4) is 11.4 Å². The number of carbonyl (C=O) groups excluding carboxylic acids is 1. The first-order chi connectivity index (χ1) is 17.2. The molecule has 2 aliphatic carbocycles. The number of halogens is 4. The number of pyridine rings is 1. The summed E-state index contributed by atoms with van der Waals surface area (Å²) in [6, 6.07) is 8.23. The Morgan fingerprint density at radius 3 is 2.56 bits per heavy atom. The molecule has 1 saturated heterocycles. The molecule has 0 N–H and O–H groups in total. The van der Waals surface area contributed by atoms with Gasteiger partial charge in [0.2, 0.25) is 0 Å². The van der Waals surface area contributed by atoms with Crippen LogP contribution in [0.3, 0.4) is 0 Å². The van der Waals surface area contributed by atoms with Crippen LogP contribution in [0.25, 0.3) is 11.4 Å². The molecule has 6 nitrogen and oxygen atoms in total. The maximum absolute atomic E-state index is 14.9. The Labute approximate surface area is 205 Å². The van der Waals surface area contributed by atoms with Gasteiger partial charge in [0.25, 0.3) is 5.91 Å². The van der Waals surface area contributed by atoms with Crippen LogP contribution in [0.2, 0.25) is 0 Å². The normalized spacial score (nSPS) is 26.1. The monoisotopic (exact) mass is 497 g/mol. The first-order valence-electron chi connectivity index (χ1n) is 11.9. The molecule has 4 atom stereocenters. The van der Waals surface area contributed by atoms with Crippen LogP contribution in [0, 0.1) is 17.2 Å². The number of rotatable bonds is 5. The molecule has 0 radical (unpaired) electrons. The molecule has 1 spiro atoms. The molecule has 1 aliphatic heterocycles. The van der Waals surface area contributed by atoms with E-state index in [2.05, 4.69) is 15.0 Å². The molecular weight excluding hydrogens is 474 g/mol. The third kappa shape index (κ3) is 3.37. The molecule has 1 amide bonds. The van der Waals surface area contributed by atoms with Gasteiger partial charge in [-0.3, -0.25) is 4.79 Å². The molecular formula is C26H23F4N5O. The highest BCUT2D eigenvalue weighted by molar-refractivity contribution is 6.01. The highest BCUT2D eigenvalue weighted by Crippen LogP contribution is 2.72. The second-order valence-corrected chi connectivity index (χ2v) is 9.73. The largest absolute Gasteiger partial charge is 0.417 e. The number of hydrogen-bond acceptors (Lipinski definition) is 5. The van der Waals surface area contributed by atoms with Gasteiger partial charge < -0.3 is 9.80 Å². The van der Waals surface area contributed by atoms with Crippen molar-refractivity contribution in [2.75, 3.05) is 18.0 Å². The van der Waals surface area contributed by atoms with Crippen LogP contribution in [0.15, 0.2) is 55.0 Å². The van der Waals surface area contributed by atoms with E-state index < -0.39 is 17.6 Å². The molecule has 3 heterocycles. The Balaban J connectivity index is 1.31. The number of anilines is 1. The van der Waals surface area contributed by atoms with Gasteiger partial charge in [0.05, 0.1) is 28.8 Å². The van der Waals surface area contributed by atoms with Crippen molar-refractivity contribution in [1.29, 1.82) is 0 Å². The van der Waals surface area contributed by atoms with E-state index in [1.54, 1.807) is 12.1 Å². The van der Waals surface area contributed by atoms with Crippen LogP contribution in [-0.2, 0) is 6.18 Å². The van der Waals surface area contributed by atoms with Crippen LogP contribution in [0.1, 0.15) is 35.7 Å². The van der Waals surface area contributed by atoms with Crippen LogP contribution in [0.5, 0.6) is 0 Å². The topological polar surface area (TPSA) is 62.2 Å². The number of hydrogen-bond donors (Lipinski definition) is 0. The molecule has 6 rings (SSSR count). The number of nitrogens with zero attached hydrogens (tertiary/aromatic N) is 5. The van der Waals surface area contributed by atoms with Crippen molar-refractivity contribution in [2.45, 2.75) is 38.0 Å². The van der Waals surface area contributed by atoms with E-state index >= 15 is 0 Å². The zero-order valence-corrected chi connectivity index (χ0v) is 19.4. The minimum absolute atomic E-state index is 0.0242. The molecule has 1 aromatic carbocycles. The standard InChI is InChI=1S/C26H23F4N5O/c1-2-34(20-8-7-15(13-33-20)26(28,29)30)19-12-25-11-16(25)14-35(22(19)25)24(36)17-5-3-6-18(27)21(17)23-31-9-4-10-32-23/h3-10,13,16,19,22H,2,11-12,14H2,1H3. The summed E-state index contributed by atoms with van der Waals surface area (Å²) >= 11 is 0. The molecule has 0 bridgehead atoms. The molecule has 3 aromatic rings. The molecule has 2 aromatic heterocycles. The Morgan fingerprint density at radius 1 is 1.11 bits per heavy atom. The number of benzene rings is 1. The minimum Gasteiger partial charge on any atom is -0.352 e. The van der Waals surface area contributed by atoms with Crippen molar-refractivity contribution in [2.24, 2.45) is 11.3 Å². The Morgan fingerprint density at radius 2 is 1.89 bits per heavy atom. The quantitative estimate of drug-likeness (QED) is 0.473. The summed E-state index contributed by atoms with van der Waals surface area (Å²) in [5, 5.41) is 0. The molecule has 3 aliphatic rings. The number of likely N-dealkylation sites (N-methyl/N-ethyl adjacent to an activating group) is 1. The Hall–Kier alpha value is -3.56. The minimum atomic E-state index is -4.45. The molecule has 2 saturated carbocycles. The van der Waals surface area contributed by atoms with Gasteiger partial charge in [-0.25, -0.2) is 19.3 Å². The van der Waals surface area contributed by atoms with Crippen molar-refractivity contribution in [3.63, 3.8) is 0 Å². The smallest absolute Gasteiger partial charge is 0.352 e. The second-order valence-electron chi connectivity index (χ2n) is 9.73. The molecule has 10 heteroatoms. The van der Waals surface area contributed by atoms with Crippen molar-refractivity contribution in [1.82, 2.24) is 19.9 Å². The Bertz CT molecular complexity index is 1320. The predicted octanol–water partition coefficient (Wildman–Crippen LogP) is 4.83. The lowest BCUT2D eigenvalue weighted by Crippen LogP contribution is -2.63. The van der Waals surface area contributed by atoms with Crippen LogP contribution in [-0.4, -0.2) is 50.9 Å². The SMILES string of the molecule is CCN(c1ccc(C(F)(F)F)cn1)C1CC23CC2CN(C(=O)c2cccc(F)c2-c2ncccn2)C13. The maximum Gasteiger partial charge on any atom is 0.417 e. The number of aromatic nitrogens is 3. The first-order valence-corrected chi connectivity index (χ1v) is 11.9. The van der Waals surface area contributed by atoms with Gasteiger partial charge in [-0.15, -0.1) is 0 Å². The van der Waals surface area contributed by atoms with Crippen LogP contribution < -0.4 is 4.90 Å². The lowest BCUT2D eigenvalue weighted by Gasteiger charge is -2.52. The van der Waals surface area contributed by atoms with Gasteiger partial charge in [0.1, 0.15) is 11.6 Å². The lowest BCUT2D eigenvalue weighted by molar-refractivity contribution is -0.137. The van der Waals surface area contributed by atoms with E-state index in [9.17, 15) is 22.4 Å². The van der Waals surface area contributed by atoms with E-state index in [1.165, 1.54) is 30.6 Å². The van der Waals surface area contributed by atoms with Gasteiger partial charge in [-0.05, 0) is 61.4 Å².